The monoisotopic (exact) mass is 463 g/mol. The Morgan fingerprint density at radius 2 is 1.78 bits per heavy atom. The van der Waals surface area contributed by atoms with Gasteiger partial charge in [-0.05, 0) is 56.0 Å². The molecule has 2 aromatic rings. The average molecular weight is 464 g/mol. The summed E-state index contributed by atoms with van der Waals surface area (Å²) in [6.45, 7) is 7.63. The zero-order chi connectivity index (χ0) is 24.1. The predicted octanol–water partition coefficient (Wildman–Crippen LogP) is 3.26. The first kappa shape index (κ1) is 25.1. The van der Waals surface area contributed by atoms with Gasteiger partial charge in [-0.15, -0.1) is 0 Å². The lowest BCUT2D eigenvalue weighted by Gasteiger charge is -2.31. The Labute approximate surface area is 188 Å². The zero-order valence-corrected chi connectivity index (χ0v) is 19.7. The van der Waals surface area contributed by atoms with E-state index in [9.17, 15) is 23.3 Å². The van der Waals surface area contributed by atoms with Gasteiger partial charge in [0.1, 0.15) is 18.4 Å². The SMILES string of the molecule is CC[C@H](C(=O)NCCOc1cc(C)cc(C)c1)N(c1cc([N+](=O)[O-])ccc1C)S(C)(=O)=O. The third-order valence-corrected chi connectivity index (χ3v) is 6.00. The molecule has 0 unspecified atom stereocenters. The van der Waals surface area contributed by atoms with Crippen LogP contribution < -0.4 is 14.4 Å². The molecule has 0 saturated heterocycles. The van der Waals surface area contributed by atoms with Crippen LogP contribution in [-0.4, -0.2) is 44.7 Å². The second-order valence-corrected chi connectivity index (χ2v) is 9.53. The fraction of sp³-hybridized carbons (Fsp3) is 0.409. The molecule has 9 nitrogen and oxygen atoms in total. The van der Waals surface area contributed by atoms with Crippen molar-refractivity contribution in [1.29, 1.82) is 0 Å². The Morgan fingerprint density at radius 3 is 2.31 bits per heavy atom. The van der Waals surface area contributed by atoms with E-state index >= 15 is 0 Å². The van der Waals surface area contributed by atoms with Crippen molar-refractivity contribution < 1.29 is 22.9 Å². The van der Waals surface area contributed by atoms with Gasteiger partial charge in [0.25, 0.3) is 5.69 Å². The minimum absolute atomic E-state index is 0.107. The number of nitrogens with one attached hydrogen (secondary N) is 1. The molecule has 32 heavy (non-hydrogen) atoms. The van der Waals surface area contributed by atoms with Gasteiger partial charge in [0, 0.05) is 12.1 Å². The first-order valence-corrected chi connectivity index (χ1v) is 12.0. The van der Waals surface area contributed by atoms with Crippen molar-refractivity contribution in [2.24, 2.45) is 0 Å². The van der Waals surface area contributed by atoms with Crippen LogP contribution in [0.3, 0.4) is 0 Å². The number of nitrogens with zero attached hydrogens (tertiary/aromatic N) is 2. The highest BCUT2D eigenvalue weighted by molar-refractivity contribution is 7.92. The summed E-state index contributed by atoms with van der Waals surface area (Å²) in [4.78, 5) is 23.5. The zero-order valence-electron chi connectivity index (χ0n) is 18.9. The largest absolute Gasteiger partial charge is 0.492 e. The molecule has 0 saturated carbocycles. The van der Waals surface area contributed by atoms with Crippen LogP contribution in [0, 0.1) is 30.9 Å². The van der Waals surface area contributed by atoms with E-state index in [1.54, 1.807) is 13.8 Å². The van der Waals surface area contributed by atoms with Crippen molar-refractivity contribution in [3.05, 3.63) is 63.2 Å². The summed E-state index contributed by atoms with van der Waals surface area (Å²) in [5.41, 5.74) is 2.48. The maximum atomic E-state index is 12.9. The molecule has 1 amide bonds. The van der Waals surface area contributed by atoms with E-state index in [0.29, 0.717) is 11.3 Å². The highest BCUT2D eigenvalue weighted by atomic mass is 32.2. The summed E-state index contributed by atoms with van der Waals surface area (Å²) >= 11 is 0. The van der Waals surface area contributed by atoms with Gasteiger partial charge in [0.2, 0.25) is 15.9 Å². The number of hydrogen-bond donors (Lipinski definition) is 1. The normalized spacial score (nSPS) is 12.2. The fourth-order valence-electron chi connectivity index (χ4n) is 3.46. The van der Waals surface area contributed by atoms with Crippen molar-refractivity contribution in [3.8, 4) is 5.75 Å². The molecule has 1 N–H and O–H groups in total. The average Bonchev–Trinajstić information content (AvgIpc) is 2.68. The number of hydrogen-bond acceptors (Lipinski definition) is 6. The molecule has 2 aromatic carbocycles. The molecular weight excluding hydrogens is 434 g/mol. The molecule has 0 aromatic heterocycles. The summed E-state index contributed by atoms with van der Waals surface area (Å²) in [6, 6.07) is 8.68. The van der Waals surface area contributed by atoms with Crippen molar-refractivity contribution in [3.63, 3.8) is 0 Å². The Kier molecular flexibility index (Phi) is 8.20. The lowest BCUT2D eigenvalue weighted by Crippen LogP contribution is -2.50. The van der Waals surface area contributed by atoms with Crippen molar-refractivity contribution in [1.82, 2.24) is 5.32 Å². The second kappa shape index (κ2) is 10.4. The summed E-state index contributed by atoms with van der Waals surface area (Å²) in [5.74, 6) is 0.182. The number of rotatable bonds is 10. The number of nitro groups is 1. The maximum Gasteiger partial charge on any atom is 0.271 e. The van der Waals surface area contributed by atoms with Gasteiger partial charge in [-0.1, -0.05) is 19.1 Å². The van der Waals surface area contributed by atoms with Gasteiger partial charge in [-0.25, -0.2) is 8.42 Å². The minimum atomic E-state index is -3.90. The van der Waals surface area contributed by atoms with E-state index in [2.05, 4.69) is 5.32 Å². The van der Waals surface area contributed by atoms with E-state index in [0.717, 1.165) is 21.7 Å². The van der Waals surface area contributed by atoms with Crippen LogP contribution in [0.4, 0.5) is 11.4 Å². The number of amides is 1. The molecule has 0 radical (unpaired) electrons. The molecule has 2 rings (SSSR count). The molecule has 0 bridgehead atoms. The second-order valence-electron chi connectivity index (χ2n) is 7.67. The number of anilines is 1. The van der Waals surface area contributed by atoms with Gasteiger partial charge in [-0.3, -0.25) is 19.2 Å². The van der Waals surface area contributed by atoms with Crippen LogP contribution in [0.1, 0.15) is 30.0 Å². The Bertz CT molecular complexity index is 1080. The van der Waals surface area contributed by atoms with E-state index in [1.807, 2.05) is 32.0 Å². The third kappa shape index (κ3) is 6.43. The number of non-ortho nitro benzene ring substituents is 1. The molecule has 0 fully saturated rings. The number of nitro benzene ring substituents is 1. The summed E-state index contributed by atoms with van der Waals surface area (Å²) < 4.78 is 31.8. The molecule has 0 aliphatic heterocycles. The molecule has 0 spiro atoms. The molecule has 0 aliphatic rings. The van der Waals surface area contributed by atoms with E-state index in [4.69, 9.17) is 4.74 Å². The highest BCUT2D eigenvalue weighted by Crippen LogP contribution is 2.30. The number of carbonyl (C=O) groups is 1. The van der Waals surface area contributed by atoms with Gasteiger partial charge < -0.3 is 10.1 Å². The van der Waals surface area contributed by atoms with E-state index in [-0.39, 0.29) is 30.9 Å². The smallest absolute Gasteiger partial charge is 0.271 e. The van der Waals surface area contributed by atoms with Gasteiger partial charge in [0.15, 0.2) is 0 Å². The Morgan fingerprint density at radius 1 is 1.16 bits per heavy atom. The topological polar surface area (TPSA) is 119 Å². The highest BCUT2D eigenvalue weighted by Gasteiger charge is 2.33. The number of ether oxygens (including phenoxy) is 1. The van der Waals surface area contributed by atoms with Crippen molar-refractivity contribution in [2.75, 3.05) is 23.7 Å². The Hall–Kier alpha value is -3.14. The fourth-order valence-corrected chi connectivity index (χ4v) is 4.72. The molecule has 0 aliphatic carbocycles. The lowest BCUT2D eigenvalue weighted by atomic mass is 10.1. The van der Waals surface area contributed by atoms with Crippen LogP contribution in [-0.2, 0) is 14.8 Å². The number of sulfonamides is 1. The molecule has 174 valence electrons. The summed E-state index contributed by atoms with van der Waals surface area (Å²) in [5, 5.41) is 13.9. The van der Waals surface area contributed by atoms with Crippen LogP contribution in [0.2, 0.25) is 0 Å². The Balaban J connectivity index is 2.18. The number of aryl methyl sites for hydroxylation is 3. The molecular formula is C22H29N3O6S. The third-order valence-electron chi connectivity index (χ3n) is 4.84. The predicted molar refractivity (Wildman–Crippen MR) is 124 cm³/mol. The quantitative estimate of drug-likeness (QED) is 0.328. The van der Waals surface area contributed by atoms with Crippen molar-refractivity contribution >= 4 is 27.3 Å². The molecule has 0 heterocycles. The number of carbonyl (C=O) groups excluding carboxylic acids is 1. The van der Waals surface area contributed by atoms with Crippen LogP contribution >= 0.6 is 0 Å². The molecule has 1 atom stereocenters. The molecule has 10 heteroatoms. The summed E-state index contributed by atoms with van der Waals surface area (Å²) in [6.07, 6.45) is 1.16. The first-order valence-electron chi connectivity index (χ1n) is 10.2. The van der Waals surface area contributed by atoms with Crippen LogP contribution in [0.25, 0.3) is 0 Å². The van der Waals surface area contributed by atoms with E-state index in [1.165, 1.54) is 18.2 Å². The number of benzene rings is 2. The van der Waals surface area contributed by atoms with Gasteiger partial charge in [0.05, 0.1) is 23.4 Å². The lowest BCUT2D eigenvalue weighted by molar-refractivity contribution is -0.384. The van der Waals surface area contributed by atoms with Gasteiger partial charge >= 0.3 is 0 Å². The van der Waals surface area contributed by atoms with Gasteiger partial charge in [-0.2, -0.15) is 0 Å². The standard InChI is InChI=1S/C22H29N3O6S/c1-6-20(22(26)23-9-10-31-19-12-15(2)11-16(3)13-19)24(32(5,29)30)21-14-18(25(27)28)8-7-17(21)4/h7-8,11-14,20H,6,9-10H2,1-5H3,(H,23,26)/t20-/m1/s1. The minimum Gasteiger partial charge on any atom is -0.492 e. The first-order chi connectivity index (χ1) is 14.9. The maximum absolute atomic E-state index is 12.9. The van der Waals surface area contributed by atoms with Crippen LogP contribution in [0.5, 0.6) is 5.75 Å². The van der Waals surface area contributed by atoms with Crippen LogP contribution in [0.15, 0.2) is 36.4 Å². The van der Waals surface area contributed by atoms with Crippen molar-refractivity contribution in [2.45, 2.75) is 40.2 Å². The summed E-state index contributed by atoms with van der Waals surface area (Å²) in [7, 11) is -3.90. The van der Waals surface area contributed by atoms with E-state index < -0.39 is 26.9 Å².